The topological polar surface area (TPSA) is 81.2 Å². The molecule has 0 spiro atoms. The molecule has 2 rings (SSSR count). The summed E-state index contributed by atoms with van der Waals surface area (Å²) in [4.78, 5) is 24.2. The molecule has 1 aromatic carbocycles. The van der Waals surface area contributed by atoms with E-state index in [1.54, 1.807) is 0 Å². The molecule has 0 aliphatic heterocycles. The Hall–Kier alpha value is -2.75. The van der Waals surface area contributed by atoms with Crippen molar-refractivity contribution in [1.29, 1.82) is 0 Å². The third kappa shape index (κ3) is 3.96. The second kappa shape index (κ2) is 7.68. The Morgan fingerprint density at radius 2 is 1.96 bits per heavy atom. The molecular weight excluding hydrogens is 347 g/mol. The van der Waals surface area contributed by atoms with Gasteiger partial charge in [-0.15, -0.1) is 0 Å². The lowest BCUT2D eigenvalue weighted by Crippen LogP contribution is -2.19. The van der Waals surface area contributed by atoms with Crippen LogP contribution in [0.3, 0.4) is 0 Å². The van der Waals surface area contributed by atoms with Crippen molar-refractivity contribution in [2.75, 3.05) is 11.9 Å². The molecule has 0 atom stereocenters. The zero-order chi connectivity index (χ0) is 17.7. The number of nitrogens with one attached hydrogen (secondary N) is 1. The van der Waals surface area contributed by atoms with E-state index in [-0.39, 0.29) is 18.5 Å². The van der Waals surface area contributed by atoms with Crippen molar-refractivity contribution in [3.8, 4) is 0 Å². The standard InChI is InChI=1S/C14H10F3N3O3S/c1-2-23-14(22)8(5-18-12-6-19-24-20-12)13(21)7-3-10(16)11(17)4-9(7)15/h3-6H,2H2,1H3,(H,18,20)/b8-5-. The highest BCUT2D eigenvalue weighted by molar-refractivity contribution is 6.99. The molecule has 0 amide bonds. The minimum atomic E-state index is -1.45. The Balaban J connectivity index is 2.39. The molecule has 1 N–H and O–H groups in total. The first-order chi connectivity index (χ1) is 11.4. The minimum absolute atomic E-state index is 0.0397. The molecule has 2 aromatic rings. The summed E-state index contributed by atoms with van der Waals surface area (Å²) < 4.78 is 52.2. The summed E-state index contributed by atoms with van der Waals surface area (Å²) in [5, 5.41) is 2.52. The van der Waals surface area contributed by atoms with Crippen LogP contribution < -0.4 is 5.32 Å². The number of esters is 1. The van der Waals surface area contributed by atoms with Crippen LogP contribution in [0.4, 0.5) is 19.0 Å². The van der Waals surface area contributed by atoms with E-state index in [4.69, 9.17) is 4.74 Å². The van der Waals surface area contributed by atoms with Crippen molar-refractivity contribution in [3.63, 3.8) is 0 Å². The average molecular weight is 357 g/mol. The fourth-order valence-corrected chi connectivity index (χ4v) is 2.02. The predicted octanol–water partition coefficient (Wildman–Crippen LogP) is 2.70. The molecule has 1 aromatic heterocycles. The molecule has 0 saturated heterocycles. The number of carbonyl (C=O) groups excluding carboxylic acids is 2. The summed E-state index contributed by atoms with van der Waals surface area (Å²) in [5.74, 6) is -6.15. The number of Topliss-reactive ketones (excluding diaryl/α,β-unsaturated/α-hetero) is 1. The van der Waals surface area contributed by atoms with Crippen molar-refractivity contribution in [3.05, 3.63) is 53.1 Å². The smallest absolute Gasteiger partial charge is 0.343 e. The Morgan fingerprint density at radius 3 is 2.58 bits per heavy atom. The van der Waals surface area contributed by atoms with Gasteiger partial charge >= 0.3 is 5.97 Å². The minimum Gasteiger partial charge on any atom is -0.462 e. The number of nitrogens with zero attached hydrogens (tertiary/aromatic N) is 2. The van der Waals surface area contributed by atoms with Gasteiger partial charge in [-0.05, 0) is 13.0 Å². The molecule has 0 unspecified atom stereocenters. The molecule has 0 bridgehead atoms. The van der Waals surface area contributed by atoms with E-state index in [0.717, 1.165) is 17.9 Å². The van der Waals surface area contributed by atoms with E-state index < -0.39 is 40.3 Å². The molecule has 0 saturated carbocycles. The maximum atomic E-state index is 13.8. The van der Waals surface area contributed by atoms with Crippen molar-refractivity contribution in [2.45, 2.75) is 6.92 Å². The maximum Gasteiger partial charge on any atom is 0.343 e. The predicted molar refractivity (Wildman–Crippen MR) is 78.9 cm³/mol. The molecule has 0 aliphatic rings. The van der Waals surface area contributed by atoms with Gasteiger partial charge in [-0.3, -0.25) is 4.79 Å². The fourth-order valence-electron chi connectivity index (χ4n) is 1.64. The first-order valence-electron chi connectivity index (χ1n) is 6.54. The lowest BCUT2D eigenvalue weighted by molar-refractivity contribution is -0.138. The fraction of sp³-hybridized carbons (Fsp3) is 0.143. The van der Waals surface area contributed by atoms with Crippen LogP contribution in [-0.4, -0.2) is 27.1 Å². The van der Waals surface area contributed by atoms with Gasteiger partial charge < -0.3 is 10.1 Å². The molecule has 126 valence electrons. The second-order valence-corrected chi connectivity index (χ2v) is 4.85. The maximum absolute atomic E-state index is 13.8. The molecule has 0 fully saturated rings. The van der Waals surface area contributed by atoms with Crippen LogP contribution in [0.25, 0.3) is 0 Å². The van der Waals surface area contributed by atoms with Gasteiger partial charge in [0.1, 0.15) is 11.4 Å². The number of benzene rings is 1. The number of hydrogen-bond acceptors (Lipinski definition) is 7. The van der Waals surface area contributed by atoms with Crippen LogP contribution >= 0.6 is 11.7 Å². The monoisotopic (exact) mass is 357 g/mol. The Bertz CT molecular complexity index is 794. The summed E-state index contributed by atoms with van der Waals surface area (Å²) in [6, 6.07) is 0.605. The first kappa shape index (κ1) is 17.6. The molecule has 24 heavy (non-hydrogen) atoms. The lowest BCUT2D eigenvalue weighted by atomic mass is 10.0. The highest BCUT2D eigenvalue weighted by Gasteiger charge is 2.25. The number of hydrogen-bond donors (Lipinski definition) is 1. The molecule has 0 radical (unpaired) electrons. The van der Waals surface area contributed by atoms with Gasteiger partial charge in [-0.1, -0.05) is 0 Å². The Morgan fingerprint density at radius 1 is 1.25 bits per heavy atom. The molecule has 1 heterocycles. The van der Waals surface area contributed by atoms with Crippen molar-refractivity contribution in [1.82, 2.24) is 8.75 Å². The number of ketones is 1. The summed E-state index contributed by atoms with van der Waals surface area (Å²) in [7, 11) is 0. The van der Waals surface area contributed by atoms with E-state index in [1.165, 1.54) is 13.1 Å². The van der Waals surface area contributed by atoms with Crippen LogP contribution in [-0.2, 0) is 9.53 Å². The Labute approximate surface area is 138 Å². The van der Waals surface area contributed by atoms with E-state index >= 15 is 0 Å². The van der Waals surface area contributed by atoms with E-state index in [2.05, 4.69) is 14.1 Å². The Kier molecular flexibility index (Phi) is 5.64. The number of carbonyl (C=O) groups is 2. The molecular formula is C14H10F3N3O3S. The van der Waals surface area contributed by atoms with Crippen LogP contribution in [0.2, 0.25) is 0 Å². The number of anilines is 1. The van der Waals surface area contributed by atoms with Gasteiger partial charge in [-0.2, -0.15) is 8.75 Å². The summed E-state index contributed by atoms with van der Waals surface area (Å²) in [6.07, 6.45) is 2.27. The van der Waals surface area contributed by atoms with Gasteiger partial charge in [0.25, 0.3) is 0 Å². The summed E-state index contributed by atoms with van der Waals surface area (Å²) in [6.45, 7) is 1.47. The molecule has 10 heteroatoms. The quantitative estimate of drug-likeness (QED) is 0.214. The van der Waals surface area contributed by atoms with Gasteiger partial charge in [0.15, 0.2) is 17.5 Å². The van der Waals surface area contributed by atoms with E-state index in [0.29, 0.717) is 6.07 Å². The third-order valence-electron chi connectivity index (χ3n) is 2.72. The van der Waals surface area contributed by atoms with Crippen LogP contribution in [0.15, 0.2) is 30.1 Å². The summed E-state index contributed by atoms with van der Waals surface area (Å²) >= 11 is 0.877. The van der Waals surface area contributed by atoms with Gasteiger partial charge in [0, 0.05) is 12.3 Å². The summed E-state index contributed by atoms with van der Waals surface area (Å²) in [5.41, 5.74) is -1.40. The van der Waals surface area contributed by atoms with Gasteiger partial charge in [-0.25, -0.2) is 18.0 Å². The van der Waals surface area contributed by atoms with Crippen LogP contribution in [0.1, 0.15) is 17.3 Å². The zero-order valence-electron chi connectivity index (χ0n) is 12.2. The van der Waals surface area contributed by atoms with E-state index in [1.807, 2.05) is 0 Å². The lowest BCUT2D eigenvalue weighted by Gasteiger charge is -2.08. The van der Waals surface area contributed by atoms with Gasteiger partial charge in [0.2, 0.25) is 5.78 Å². The average Bonchev–Trinajstić information content (AvgIpc) is 3.04. The highest BCUT2D eigenvalue weighted by Crippen LogP contribution is 2.18. The third-order valence-corrected chi connectivity index (χ3v) is 3.20. The zero-order valence-corrected chi connectivity index (χ0v) is 13.0. The number of halogens is 3. The van der Waals surface area contributed by atoms with Crippen molar-refractivity contribution < 1.29 is 27.5 Å². The number of aromatic nitrogens is 2. The number of rotatable bonds is 6. The van der Waals surface area contributed by atoms with Crippen LogP contribution in [0.5, 0.6) is 0 Å². The first-order valence-corrected chi connectivity index (χ1v) is 7.27. The van der Waals surface area contributed by atoms with Gasteiger partial charge in [0.05, 0.1) is 30.1 Å². The normalized spacial score (nSPS) is 11.2. The number of ether oxygens (including phenoxy) is 1. The molecule has 0 aliphatic carbocycles. The molecule has 6 nitrogen and oxygen atoms in total. The second-order valence-electron chi connectivity index (χ2n) is 4.29. The SMILES string of the molecule is CCOC(=O)/C(=C\Nc1cnsn1)C(=O)c1cc(F)c(F)cc1F. The largest absolute Gasteiger partial charge is 0.462 e. The van der Waals surface area contributed by atoms with E-state index in [9.17, 15) is 22.8 Å². The highest BCUT2D eigenvalue weighted by atomic mass is 32.1. The van der Waals surface area contributed by atoms with Crippen LogP contribution in [0, 0.1) is 17.5 Å². The van der Waals surface area contributed by atoms with Crippen molar-refractivity contribution >= 4 is 29.3 Å². The van der Waals surface area contributed by atoms with Crippen molar-refractivity contribution in [2.24, 2.45) is 0 Å².